The molecule has 3 rings (SSSR count). The van der Waals surface area contributed by atoms with Crippen molar-refractivity contribution in [3.05, 3.63) is 50.4 Å². The fraction of sp³-hybridized carbons (Fsp3) is 0.481. The minimum absolute atomic E-state index is 0.0447. The lowest BCUT2D eigenvalue weighted by atomic mass is 10.1. The lowest BCUT2D eigenvalue weighted by Crippen LogP contribution is -2.36. The number of unbranched alkanes of at least 4 members (excludes halogenated alkanes) is 9. The number of sulfonamides is 1. The van der Waals surface area contributed by atoms with Crippen molar-refractivity contribution in [1.29, 1.82) is 0 Å². The molecule has 0 radical (unpaired) electrons. The van der Waals surface area contributed by atoms with E-state index in [0.29, 0.717) is 11.6 Å². The highest BCUT2D eigenvalue weighted by atomic mass is 35.5. The molecule has 1 saturated heterocycles. The summed E-state index contributed by atoms with van der Waals surface area (Å²) >= 11 is 24.8. The van der Waals surface area contributed by atoms with Crippen LogP contribution in [0.15, 0.2) is 40.2 Å². The molecular formula is C27H34Cl4N4O3S. The van der Waals surface area contributed by atoms with Crippen molar-refractivity contribution in [2.75, 3.05) is 11.6 Å². The number of hydrazine groups is 1. The minimum atomic E-state index is -3.75. The normalized spacial score (nSPS) is 14.8. The SMILES string of the molecule is CCCCCCCCCCCCNS(=O)(=O)c1ccc(Cl)c(N=C2CC(=O)N(c3c(Cl)cc(Cl)cc3Cl)N2)c1. The van der Waals surface area contributed by atoms with Gasteiger partial charge in [0.25, 0.3) is 5.91 Å². The Bertz CT molecular complexity index is 1260. The molecule has 2 N–H and O–H groups in total. The molecule has 1 heterocycles. The monoisotopic (exact) mass is 634 g/mol. The number of nitrogens with zero attached hydrogens (tertiary/aromatic N) is 2. The van der Waals surface area contributed by atoms with E-state index in [1.807, 2.05) is 0 Å². The van der Waals surface area contributed by atoms with Gasteiger partial charge in [-0.2, -0.15) is 0 Å². The number of hydrogen-bond donors (Lipinski definition) is 2. The number of amidine groups is 1. The van der Waals surface area contributed by atoms with E-state index in [1.165, 1.54) is 80.3 Å². The smallest absolute Gasteiger partial charge is 0.253 e. The fourth-order valence-corrected chi connectivity index (χ4v) is 6.48. The molecule has 214 valence electrons. The maximum absolute atomic E-state index is 12.9. The summed E-state index contributed by atoms with van der Waals surface area (Å²) in [6, 6.07) is 7.23. The molecule has 0 atom stereocenters. The molecule has 1 amide bonds. The third kappa shape index (κ3) is 9.51. The molecule has 7 nitrogen and oxygen atoms in total. The molecule has 1 aliphatic heterocycles. The average molecular weight is 636 g/mol. The van der Waals surface area contributed by atoms with Crippen LogP contribution in [0.3, 0.4) is 0 Å². The van der Waals surface area contributed by atoms with Crippen LogP contribution in [0.5, 0.6) is 0 Å². The number of halogens is 4. The molecule has 2 aromatic carbocycles. The number of nitrogens with one attached hydrogen (secondary N) is 2. The Morgan fingerprint density at radius 3 is 2.08 bits per heavy atom. The highest BCUT2D eigenvalue weighted by molar-refractivity contribution is 7.89. The first-order valence-electron chi connectivity index (χ1n) is 13.2. The summed E-state index contributed by atoms with van der Waals surface area (Å²) < 4.78 is 28.4. The molecule has 2 aromatic rings. The second-order valence-electron chi connectivity index (χ2n) is 9.49. The predicted molar refractivity (Wildman–Crippen MR) is 162 cm³/mol. The topological polar surface area (TPSA) is 90.9 Å². The summed E-state index contributed by atoms with van der Waals surface area (Å²) in [6.07, 6.45) is 11.7. The van der Waals surface area contributed by atoms with E-state index in [-0.39, 0.29) is 49.5 Å². The van der Waals surface area contributed by atoms with Crippen molar-refractivity contribution >= 4 is 79.5 Å². The molecule has 0 spiro atoms. The van der Waals surface area contributed by atoms with Gasteiger partial charge in [-0.25, -0.2) is 23.1 Å². The van der Waals surface area contributed by atoms with Crippen LogP contribution in [0.1, 0.15) is 77.6 Å². The van der Waals surface area contributed by atoms with Crippen molar-refractivity contribution in [2.45, 2.75) is 82.4 Å². The quantitative estimate of drug-likeness (QED) is 0.192. The molecule has 0 aromatic heterocycles. The molecule has 0 bridgehead atoms. The number of carbonyl (C=O) groups excluding carboxylic acids is 1. The largest absolute Gasteiger partial charge is 0.277 e. The van der Waals surface area contributed by atoms with Crippen LogP contribution in [-0.2, 0) is 14.8 Å². The highest BCUT2D eigenvalue weighted by Gasteiger charge is 2.30. The zero-order valence-corrected chi connectivity index (χ0v) is 25.8. The predicted octanol–water partition coefficient (Wildman–Crippen LogP) is 8.47. The number of carbonyl (C=O) groups is 1. The molecule has 1 fully saturated rings. The van der Waals surface area contributed by atoms with Crippen LogP contribution >= 0.6 is 46.4 Å². The van der Waals surface area contributed by atoms with Gasteiger partial charge in [-0.05, 0) is 36.8 Å². The maximum atomic E-state index is 12.9. The van der Waals surface area contributed by atoms with Gasteiger partial charge in [0.15, 0.2) is 0 Å². The molecule has 0 aliphatic carbocycles. The minimum Gasteiger partial charge on any atom is -0.277 e. The zero-order chi connectivity index (χ0) is 28.4. The summed E-state index contributed by atoms with van der Waals surface area (Å²) in [5.41, 5.74) is 3.32. The van der Waals surface area contributed by atoms with Gasteiger partial charge in [-0.15, -0.1) is 0 Å². The third-order valence-corrected chi connectivity index (χ3v) is 8.89. The van der Waals surface area contributed by atoms with E-state index in [1.54, 1.807) is 0 Å². The Labute approximate surface area is 251 Å². The van der Waals surface area contributed by atoms with E-state index < -0.39 is 10.0 Å². The van der Waals surface area contributed by atoms with Crippen LogP contribution in [0.2, 0.25) is 20.1 Å². The maximum Gasteiger partial charge on any atom is 0.253 e. The van der Waals surface area contributed by atoms with Crippen molar-refractivity contribution in [3.63, 3.8) is 0 Å². The second-order valence-corrected chi connectivity index (χ2v) is 12.9. The Balaban J connectivity index is 1.56. The summed E-state index contributed by atoms with van der Waals surface area (Å²) in [5, 5.41) is 2.14. The van der Waals surface area contributed by atoms with Crippen LogP contribution < -0.4 is 15.2 Å². The average Bonchev–Trinajstić information content (AvgIpc) is 3.22. The summed E-state index contributed by atoms with van der Waals surface area (Å²) in [7, 11) is -3.75. The number of aliphatic imine (C=N–C) groups is 1. The summed E-state index contributed by atoms with van der Waals surface area (Å²) in [5.74, 6) is -0.0882. The Morgan fingerprint density at radius 1 is 0.872 bits per heavy atom. The van der Waals surface area contributed by atoms with Gasteiger partial charge in [-0.3, -0.25) is 10.2 Å². The molecule has 0 saturated carbocycles. The first kappa shape index (κ1) is 32.0. The number of benzene rings is 2. The van der Waals surface area contributed by atoms with E-state index in [4.69, 9.17) is 46.4 Å². The summed E-state index contributed by atoms with van der Waals surface area (Å²) in [4.78, 5) is 17.1. The lowest BCUT2D eigenvalue weighted by Gasteiger charge is -2.19. The molecule has 1 aliphatic rings. The highest BCUT2D eigenvalue weighted by Crippen LogP contribution is 2.37. The summed E-state index contributed by atoms with van der Waals surface area (Å²) in [6.45, 7) is 2.58. The van der Waals surface area contributed by atoms with Crippen LogP contribution in [-0.4, -0.2) is 26.7 Å². The van der Waals surface area contributed by atoms with Crippen LogP contribution in [0, 0.1) is 0 Å². The van der Waals surface area contributed by atoms with Crippen LogP contribution in [0.25, 0.3) is 0 Å². The van der Waals surface area contributed by atoms with E-state index >= 15 is 0 Å². The van der Waals surface area contributed by atoms with Gasteiger partial charge in [0.05, 0.1) is 32.1 Å². The molecule has 39 heavy (non-hydrogen) atoms. The van der Waals surface area contributed by atoms with Crippen molar-refractivity contribution < 1.29 is 13.2 Å². The number of amides is 1. The van der Waals surface area contributed by atoms with Crippen molar-refractivity contribution in [1.82, 2.24) is 10.1 Å². The fourth-order valence-electron chi connectivity index (χ4n) is 4.24. The first-order chi connectivity index (χ1) is 18.6. The standard InChI is InChI=1S/C27H34Cl4N4O3S/c1-2-3-4-5-6-7-8-9-10-11-14-32-39(37,38)20-12-13-21(29)24(17-20)33-25-18-26(36)35(34-25)27-22(30)15-19(28)16-23(27)31/h12-13,15-17,32H,2-11,14,18H2,1H3,(H,33,34). The van der Waals surface area contributed by atoms with Gasteiger partial charge >= 0.3 is 0 Å². The Morgan fingerprint density at radius 2 is 1.46 bits per heavy atom. The van der Waals surface area contributed by atoms with Gasteiger partial charge < -0.3 is 0 Å². The Hall–Kier alpha value is -1.55. The third-order valence-electron chi connectivity index (χ3n) is 6.32. The second kappa shape index (κ2) is 15.5. The van der Waals surface area contributed by atoms with Crippen molar-refractivity contribution in [3.8, 4) is 0 Å². The number of hydrogen-bond acceptors (Lipinski definition) is 4. The van der Waals surface area contributed by atoms with Gasteiger partial charge in [0, 0.05) is 11.6 Å². The van der Waals surface area contributed by atoms with E-state index in [0.717, 1.165) is 19.3 Å². The molecular weight excluding hydrogens is 602 g/mol. The molecule has 0 unspecified atom stereocenters. The van der Waals surface area contributed by atoms with Crippen molar-refractivity contribution in [2.24, 2.45) is 4.99 Å². The van der Waals surface area contributed by atoms with Gasteiger partial charge in [0.1, 0.15) is 11.5 Å². The van der Waals surface area contributed by atoms with Gasteiger partial charge in [0.2, 0.25) is 10.0 Å². The number of anilines is 1. The van der Waals surface area contributed by atoms with E-state index in [9.17, 15) is 13.2 Å². The van der Waals surface area contributed by atoms with Gasteiger partial charge in [-0.1, -0.05) is 111 Å². The van der Waals surface area contributed by atoms with E-state index in [2.05, 4.69) is 22.1 Å². The number of rotatable bonds is 15. The first-order valence-corrected chi connectivity index (χ1v) is 16.2. The van der Waals surface area contributed by atoms with Crippen LogP contribution in [0.4, 0.5) is 11.4 Å². The lowest BCUT2D eigenvalue weighted by molar-refractivity contribution is -0.116. The zero-order valence-electron chi connectivity index (χ0n) is 21.9. The molecule has 12 heteroatoms. The Kier molecular flexibility index (Phi) is 12.7.